The maximum atomic E-state index is 11.8. The van der Waals surface area contributed by atoms with Gasteiger partial charge in [0.05, 0.1) is 6.61 Å². The van der Waals surface area contributed by atoms with Crippen molar-refractivity contribution < 1.29 is 61.8 Å². The van der Waals surface area contributed by atoms with Crippen molar-refractivity contribution in [3.63, 3.8) is 0 Å². The topological polar surface area (TPSA) is 144 Å². The Balaban J connectivity index is 1.47. The molecule has 13 heteroatoms. The lowest BCUT2D eigenvalue weighted by Crippen LogP contribution is -2.57. The molecule has 0 aliphatic carbocycles. The third kappa shape index (κ3) is 6.77. The second-order valence-corrected chi connectivity index (χ2v) is 10.4. The Hall–Kier alpha value is -1.87. The zero-order chi connectivity index (χ0) is 27.1. The molecule has 4 aliphatic rings. The molecule has 4 fully saturated rings. The summed E-state index contributed by atoms with van der Waals surface area (Å²) in [5.74, 6) is -3.44. The summed E-state index contributed by atoms with van der Waals surface area (Å²) in [4.78, 5) is 34.9. The fourth-order valence-corrected chi connectivity index (χ4v) is 5.03. The third-order valence-electron chi connectivity index (χ3n) is 6.25. The van der Waals surface area contributed by atoms with Gasteiger partial charge in [-0.1, -0.05) is 0 Å². The molecule has 4 saturated heterocycles. The molecule has 0 bridgehead atoms. The lowest BCUT2D eigenvalue weighted by molar-refractivity contribution is -0.288. The highest BCUT2D eigenvalue weighted by Gasteiger charge is 2.61. The Morgan fingerprint density at radius 2 is 1.35 bits per heavy atom. The predicted octanol–water partition coefficient (Wildman–Crippen LogP) is 0.941. The Morgan fingerprint density at radius 3 is 2.00 bits per heavy atom. The highest BCUT2D eigenvalue weighted by atomic mass is 16.9. The van der Waals surface area contributed by atoms with Crippen molar-refractivity contribution in [2.75, 3.05) is 13.2 Å². The van der Waals surface area contributed by atoms with Gasteiger partial charge in [0.15, 0.2) is 30.3 Å². The average Bonchev–Trinajstić information content (AvgIpc) is 3.25. The number of carbonyl (C=O) groups is 3. The van der Waals surface area contributed by atoms with Gasteiger partial charge in [0.1, 0.15) is 43.2 Å². The van der Waals surface area contributed by atoms with Crippen LogP contribution >= 0.6 is 0 Å². The first-order chi connectivity index (χ1) is 17.2. The first-order valence-corrected chi connectivity index (χ1v) is 12.3. The van der Waals surface area contributed by atoms with Crippen molar-refractivity contribution in [3.8, 4) is 0 Å². The summed E-state index contributed by atoms with van der Waals surface area (Å²) < 4.78 is 58.2. The van der Waals surface area contributed by atoms with E-state index in [1.54, 1.807) is 13.8 Å². The molecule has 210 valence electrons. The molecule has 0 spiro atoms. The molecule has 0 aromatic rings. The first-order valence-electron chi connectivity index (χ1n) is 12.3. The Labute approximate surface area is 215 Å². The van der Waals surface area contributed by atoms with E-state index in [1.807, 2.05) is 13.8 Å². The number of hydrogen-bond donors (Lipinski definition) is 0. The normalized spacial score (nSPS) is 39.8. The van der Waals surface area contributed by atoms with Crippen molar-refractivity contribution in [2.24, 2.45) is 0 Å². The van der Waals surface area contributed by atoms with Crippen LogP contribution in [0.15, 0.2) is 0 Å². The van der Waals surface area contributed by atoms with E-state index < -0.39 is 84.8 Å². The second-order valence-electron chi connectivity index (χ2n) is 10.4. The number of carbonyl (C=O) groups excluding carboxylic acids is 3. The molecule has 0 amide bonds. The van der Waals surface area contributed by atoms with Crippen LogP contribution < -0.4 is 0 Å². The van der Waals surface area contributed by atoms with Crippen LogP contribution in [-0.4, -0.2) is 98.0 Å². The first kappa shape index (κ1) is 28.1. The van der Waals surface area contributed by atoms with Gasteiger partial charge in [-0.3, -0.25) is 14.4 Å². The van der Waals surface area contributed by atoms with E-state index in [-0.39, 0.29) is 19.6 Å². The molecule has 9 atom stereocenters. The van der Waals surface area contributed by atoms with Gasteiger partial charge in [0.2, 0.25) is 0 Å². The lowest BCUT2D eigenvalue weighted by atomic mass is 9.99. The SMILES string of the molecule is CC(=O)OC[C@H]1O[C@@H](OC[C@H]2OC3OC(C)(C)O[C@@H]3[C@H]3OC(C)(C)O[C@H]32)C[C@@H](OC(C)=O)[C@@H]1OC(C)=O. The Kier molecular flexibility index (Phi) is 8.15. The fraction of sp³-hybridized carbons (Fsp3) is 0.875. The molecule has 0 saturated carbocycles. The molecule has 0 N–H and O–H groups in total. The molecule has 13 nitrogen and oxygen atoms in total. The van der Waals surface area contributed by atoms with E-state index in [2.05, 4.69) is 0 Å². The van der Waals surface area contributed by atoms with Gasteiger partial charge in [-0.05, 0) is 27.7 Å². The fourth-order valence-electron chi connectivity index (χ4n) is 5.03. The van der Waals surface area contributed by atoms with Crippen LogP contribution in [0.5, 0.6) is 0 Å². The molecule has 0 radical (unpaired) electrons. The standard InChI is InChI=1S/C24H36O13/c1-11(25)28-9-15-18(31-13(3)27)14(30-12(2)26)8-17(32-15)29-10-16-19-20(35-23(4,5)34-19)21-22(33-16)37-24(6,7)36-21/h14-22H,8-10H2,1-7H3/t14-,15-,16-,17-,18+,19+,20+,21-,22?/m1/s1. The Morgan fingerprint density at radius 1 is 0.730 bits per heavy atom. The van der Waals surface area contributed by atoms with Gasteiger partial charge >= 0.3 is 17.9 Å². The summed E-state index contributed by atoms with van der Waals surface area (Å²) in [5, 5.41) is 0. The number of esters is 3. The highest BCUT2D eigenvalue weighted by molar-refractivity contribution is 5.67. The minimum atomic E-state index is -0.990. The molecule has 0 aromatic carbocycles. The van der Waals surface area contributed by atoms with Gasteiger partial charge in [-0.15, -0.1) is 0 Å². The average molecular weight is 533 g/mol. The maximum Gasteiger partial charge on any atom is 0.303 e. The summed E-state index contributed by atoms with van der Waals surface area (Å²) >= 11 is 0. The predicted molar refractivity (Wildman–Crippen MR) is 119 cm³/mol. The largest absolute Gasteiger partial charge is 0.463 e. The van der Waals surface area contributed by atoms with Gasteiger partial charge < -0.3 is 47.4 Å². The van der Waals surface area contributed by atoms with Crippen molar-refractivity contribution in [2.45, 2.75) is 122 Å². The van der Waals surface area contributed by atoms with Crippen molar-refractivity contribution in [1.82, 2.24) is 0 Å². The summed E-state index contributed by atoms with van der Waals surface area (Å²) in [6, 6.07) is 0. The summed E-state index contributed by atoms with van der Waals surface area (Å²) in [6.07, 6.45) is -6.36. The van der Waals surface area contributed by atoms with Crippen LogP contribution in [0.4, 0.5) is 0 Å². The number of ether oxygens (including phenoxy) is 10. The molecule has 4 aliphatic heterocycles. The maximum absolute atomic E-state index is 11.8. The molecule has 0 aromatic heterocycles. The number of hydrogen-bond acceptors (Lipinski definition) is 13. The highest BCUT2D eigenvalue weighted by Crippen LogP contribution is 2.44. The summed E-state index contributed by atoms with van der Waals surface area (Å²) in [6.45, 7) is 10.7. The van der Waals surface area contributed by atoms with Crippen LogP contribution in [0.1, 0.15) is 54.9 Å². The van der Waals surface area contributed by atoms with E-state index in [4.69, 9.17) is 47.4 Å². The minimum absolute atomic E-state index is 0.0175. The summed E-state index contributed by atoms with van der Waals surface area (Å²) in [5.41, 5.74) is 0. The van der Waals surface area contributed by atoms with E-state index in [9.17, 15) is 14.4 Å². The smallest absolute Gasteiger partial charge is 0.303 e. The van der Waals surface area contributed by atoms with Gasteiger partial charge in [0.25, 0.3) is 0 Å². The molecule has 4 heterocycles. The molecule has 37 heavy (non-hydrogen) atoms. The van der Waals surface area contributed by atoms with E-state index in [0.29, 0.717) is 0 Å². The Bertz CT molecular complexity index is 873. The summed E-state index contributed by atoms with van der Waals surface area (Å²) in [7, 11) is 0. The van der Waals surface area contributed by atoms with Crippen molar-refractivity contribution >= 4 is 17.9 Å². The van der Waals surface area contributed by atoms with Crippen LogP contribution in [0, 0.1) is 0 Å². The number of fused-ring (bicyclic) bond motifs is 3. The van der Waals surface area contributed by atoms with Gasteiger partial charge in [0, 0.05) is 27.2 Å². The molecular formula is C24H36O13. The van der Waals surface area contributed by atoms with Crippen LogP contribution in [0.25, 0.3) is 0 Å². The van der Waals surface area contributed by atoms with Gasteiger partial charge in [-0.2, -0.15) is 0 Å². The molecule has 4 rings (SSSR count). The van der Waals surface area contributed by atoms with E-state index in [1.165, 1.54) is 20.8 Å². The van der Waals surface area contributed by atoms with Crippen LogP contribution in [0.2, 0.25) is 0 Å². The minimum Gasteiger partial charge on any atom is -0.463 e. The molecule has 1 unspecified atom stereocenters. The van der Waals surface area contributed by atoms with E-state index in [0.717, 1.165) is 0 Å². The number of rotatable bonds is 7. The zero-order valence-corrected chi connectivity index (χ0v) is 22.1. The van der Waals surface area contributed by atoms with Crippen molar-refractivity contribution in [3.05, 3.63) is 0 Å². The van der Waals surface area contributed by atoms with Crippen molar-refractivity contribution in [1.29, 1.82) is 0 Å². The third-order valence-corrected chi connectivity index (χ3v) is 6.25. The molecular weight excluding hydrogens is 496 g/mol. The second kappa shape index (κ2) is 10.7. The van der Waals surface area contributed by atoms with Gasteiger partial charge in [-0.25, -0.2) is 0 Å². The zero-order valence-electron chi connectivity index (χ0n) is 22.1. The van der Waals surface area contributed by atoms with Crippen LogP contribution in [-0.2, 0) is 61.8 Å². The van der Waals surface area contributed by atoms with Crippen LogP contribution in [0.3, 0.4) is 0 Å². The van der Waals surface area contributed by atoms with E-state index >= 15 is 0 Å². The lowest BCUT2D eigenvalue weighted by Gasteiger charge is -2.41. The monoisotopic (exact) mass is 532 g/mol. The quantitative estimate of drug-likeness (QED) is 0.339.